The Bertz CT molecular complexity index is 1330. The van der Waals surface area contributed by atoms with Crippen LogP contribution in [0.1, 0.15) is 13.8 Å². The summed E-state index contributed by atoms with van der Waals surface area (Å²) in [5.41, 5.74) is 6.00. The van der Waals surface area contributed by atoms with Gasteiger partial charge in [-0.1, -0.05) is 13.8 Å². The van der Waals surface area contributed by atoms with Gasteiger partial charge in [-0.25, -0.2) is 13.8 Å². The van der Waals surface area contributed by atoms with Gasteiger partial charge in [-0.3, -0.25) is 14.4 Å². The van der Waals surface area contributed by atoms with Crippen molar-refractivity contribution < 1.29 is 18.3 Å². The van der Waals surface area contributed by atoms with E-state index < -0.39 is 17.2 Å². The highest BCUT2D eigenvalue weighted by atomic mass is 19.1. The van der Waals surface area contributed by atoms with Crippen molar-refractivity contribution in [1.82, 2.24) is 14.9 Å². The van der Waals surface area contributed by atoms with E-state index in [9.17, 15) is 4.79 Å². The van der Waals surface area contributed by atoms with Gasteiger partial charge in [-0.05, 0) is 18.2 Å². The lowest BCUT2D eigenvalue weighted by Crippen LogP contribution is -2.33. The van der Waals surface area contributed by atoms with E-state index >= 15 is 8.78 Å². The topological polar surface area (TPSA) is 107 Å². The number of benzene rings is 2. The Kier molecular flexibility index (Phi) is 8.59. The van der Waals surface area contributed by atoms with Crippen molar-refractivity contribution in [3.05, 3.63) is 58.8 Å². The van der Waals surface area contributed by atoms with Crippen LogP contribution in [0, 0.1) is 11.6 Å². The first kappa shape index (κ1) is 26.6. The maximum atomic E-state index is 15.5. The first-order valence-electron chi connectivity index (χ1n) is 11.2. The predicted octanol–water partition coefficient (Wildman–Crippen LogP) is 3.29. The lowest BCUT2D eigenvalue weighted by atomic mass is 10.1. The molecule has 3 aromatic rings. The Morgan fingerprint density at radius 2 is 1.89 bits per heavy atom. The number of nitrogens with zero attached hydrogens (tertiary/aromatic N) is 4. The molecule has 0 spiro atoms. The van der Waals surface area contributed by atoms with Gasteiger partial charge in [0.05, 0.1) is 30.8 Å². The molecule has 0 saturated heterocycles. The maximum absolute atomic E-state index is 15.5. The fourth-order valence-corrected chi connectivity index (χ4v) is 3.72. The monoisotopic (exact) mass is 500 g/mol. The summed E-state index contributed by atoms with van der Waals surface area (Å²) in [6.45, 7) is 4.51. The third-order valence-electron chi connectivity index (χ3n) is 5.47. The number of rotatable bonds is 10. The van der Waals surface area contributed by atoms with Crippen LogP contribution in [0.3, 0.4) is 0 Å². The van der Waals surface area contributed by atoms with Crippen molar-refractivity contribution in [2.45, 2.75) is 19.9 Å². The second kappa shape index (κ2) is 11.6. The predicted molar refractivity (Wildman–Crippen MR) is 138 cm³/mol. The number of ether oxygens (including phenoxy) is 2. The fraction of sp³-hybridized carbons (Fsp3) is 0.320. The minimum atomic E-state index is -0.892. The molecule has 2 aromatic carbocycles. The third kappa shape index (κ3) is 5.30. The summed E-state index contributed by atoms with van der Waals surface area (Å²) in [5, 5.41) is 3.48. The number of halogens is 2. The van der Waals surface area contributed by atoms with E-state index in [1.807, 2.05) is 13.8 Å². The number of aliphatic imine (C=N–C) groups is 1. The van der Waals surface area contributed by atoms with Gasteiger partial charge in [-0.2, -0.15) is 0 Å². The molecular weight excluding hydrogens is 470 g/mol. The maximum Gasteiger partial charge on any atom is 0.265 e. The average Bonchev–Trinajstić information content (AvgIpc) is 2.87. The molecule has 0 bridgehead atoms. The standard InChI is InChI=1S/C25H30F2N6O3/c1-15(2)30-8-9-32(24-22(26)20(35-4)11-21(36-5)23(24)27)16-6-7-19-18(10-16)25(34)33(14-31-19)17(12-28)13-29-3/h6-7,10-15,30H,8-9,28H2,1-5H3. The Morgan fingerprint density at radius 3 is 2.44 bits per heavy atom. The van der Waals surface area contributed by atoms with Gasteiger partial charge >= 0.3 is 0 Å². The van der Waals surface area contributed by atoms with Gasteiger partial charge in [0.15, 0.2) is 23.1 Å². The van der Waals surface area contributed by atoms with Crippen LogP contribution in [-0.4, -0.2) is 56.2 Å². The summed E-state index contributed by atoms with van der Waals surface area (Å²) >= 11 is 0. The fourth-order valence-electron chi connectivity index (χ4n) is 3.72. The smallest absolute Gasteiger partial charge is 0.265 e. The molecule has 0 aliphatic heterocycles. The first-order valence-corrected chi connectivity index (χ1v) is 11.2. The van der Waals surface area contributed by atoms with Gasteiger partial charge in [0.2, 0.25) is 0 Å². The minimum Gasteiger partial charge on any atom is -0.493 e. The summed E-state index contributed by atoms with van der Waals surface area (Å²) in [6.07, 6.45) is 4.01. The van der Waals surface area contributed by atoms with Crippen LogP contribution in [0.4, 0.5) is 20.2 Å². The Morgan fingerprint density at radius 1 is 1.22 bits per heavy atom. The van der Waals surface area contributed by atoms with E-state index in [2.05, 4.69) is 15.3 Å². The largest absolute Gasteiger partial charge is 0.493 e. The summed E-state index contributed by atoms with van der Waals surface area (Å²) in [6, 6.07) is 6.10. The summed E-state index contributed by atoms with van der Waals surface area (Å²) in [4.78, 5) is 23.0. The summed E-state index contributed by atoms with van der Waals surface area (Å²) in [7, 11) is 4.13. The molecule has 3 rings (SSSR count). The lowest BCUT2D eigenvalue weighted by Gasteiger charge is -2.28. The molecule has 3 N–H and O–H groups in total. The number of methoxy groups -OCH3 is 2. The Balaban J connectivity index is 2.25. The van der Waals surface area contributed by atoms with Gasteiger partial charge in [-0.15, -0.1) is 0 Å². The molecule has 0 aliphatic carbocycles. The minimum absolute atomic E-state index is 0.149. The molecule has 36 heavy (non-hydrogen) atoms. The van der Waals surface area contributed by atoms with Crippen molar-refractivity contribution in [2.24, 2.45) is 10.7 Å². The number of allylic oxidation sites excluding steroid dienone is 1. The van der Waals surface area contributed by atoms with Crippen molar-refractivity contribution >= 4 is 34.2 Å². The van der Waals surface area contributed by atoms with Crippen LogP contribution in [0.5, 0.6) is 11.5 Å². The van der Waals surface area contributed by atoms with Gasteiger partial charge in [0.25, 0.3) is 5.56 Å². The second-order valence-electron chi connectivity index (χ2n) is 8.12. The molecule has 9 nitrogen and oxygen atoms in total. The number of fused-ring (bicyclic) bond motifs is 1. The highest BCUT2D eigenvalue weighted by Crippen LogP contribution is 2.40. The number of hydrogen-bond acceptors (Lipinski definition) is 8. The first-order chi connectivity index (χ1) is 17.3. The van der Waals surface area contributed by atoms with Crippen molar-refractivity contribution in [3.63, 3.8) is 0 Å². The van der Waals surface area contributed by atoms with Gasteiger partial charge in [0.1, 0.15) is 12.0 Å². The molecule has 0 fully saturated rings. The Hall–Kier alpha value is -3.99. The number of nitrogens with two attached hydrogens (primary N) is 1. The van der Waals surface area contributed by atoms with Crippen LogP contribution in [-0.2, 0) is 0 Å². The van der Waals surface area contributed by atoms with Crippen LogP contribution in [0.25, 0.3) is 16.6 Å². The number of hydrogen-bond donors (Lipinski definition) is 2. The lowest BCUT2D eigenvalue weighted by molar-refractivity contribution is 0.359. The molecular formula is C25H30F2N6O3. The number of anilines is 2. The molecule has 0 aliphatic rings. The summed E-state index contributed by atoms with van der Waals surface area (Å²) in [5.74, 6) is -2.13. The van der Waals surface area contributed by atoms with E-state index in [0.29, 0.717) is 23.4 Å². The van der Waals surface area contributed by atoms with Crippen LogP contribution >= 0.6 is 0 Å². The normalized spacial score (nSPS) is 12.1. The molecule has 11 heteroatoms. The van der Waals surface area contributed by atoms with Crippen LogP contribution in [0.2, 0.25) is 0 Å². The molecule has 1 heterocycles. The average molecular weight is 501 g/mol. The number of aromatic nitrogens is 2. The Labute approximate surface area is 207 Å². The molecule has 0 unspecified atom stereocenters. The van der Waals surface area contributed by atoms with Crippen molar-refractivity contribution in [2.75, 3.05) is 39.3 Å². The van der Waals surface area contributed by atoms with Gasteiger partial charge < -0.3 is 25.4 Å². The molecule has 0 atom stereocenters. The second-order valence-corrected chi connectivity index (χ2v) is 8.12. The molecule has 0 radical (unpaired) electrons. The van der Waals surface area contributed by atoms with E-state index in [1.165, 1.54) is 42.4 Å². The van der Waals surface area contributed by atoms with E-state index in [-0.39, 0.29) is 35.2 Å². The summed E-state index contributed by atoms with van der Waals surface area (Å²) < 4.78 is 42.4. The van der Waals surface area contributed by atoms with Crippen molar-refractivity contribution in [3.8, 4) is 11.5 Å². The molecule has 0 saturated carbocycles. The molecule has 0 amide bonds. The number of nitrogens with one attached hydrogen (secondary N) is 1. The van der Waals surface area contributed by atoms with E-state index in [4.69, 9.17) is 15.2 Å². The molecule has 192 valence electrons. The van der Waals surface area contributed by atoms with E-state index in [1.54, 1.807) is 25.2 Å². The van der Waals surface area contributed by atoms with Crippen LogP contribution < -0.4 is 31.0 Å². The van der Waals surface area contributed by atoms with Crippen molar-refractivity contribution in [1.29, 1.82) is 0 Å². The quantitative estimate of drug-likeness (QED) is 0.412. The zero-order valence-electron chi connectivity index (χ0n) is 20.9. The SMILES string of the molecule is CN=CC(=CN)n1cnc2ccc(N(CCNC(C)C)c3c(F)c(OC)cc(OC)c3F)cc2c1=O. The van der Waals surface area contributed by atoms with E-state index in [0.717, 1.165) is 6.07 Å². The zero-order chi connectivity index (χ0) is 26.4. The zero-order valence-corrected chi connectivity index (χ0v) is 20.9. The van der Waals surface area contributed by atoms with Crippen LogP contribution in [0.15, 0.2) is 46.6 Å². The highest BCUT2D eigenvalue weighted by Gasteiger charge is 2.26. The highest BCUT2D eigenvalue weighted by molar-refractivity contribution is 6.02. The van der Waals surface area contributed by atoms with Gasteiger partial charge in [0, 0.05) is 50.3 Å². The third-order valence-corrected chi connectivity index (χ3v) is 5.47. The molecule has 1 aromatic heterocycles.